The Kier molecular flexibility index (Phi) is 12.7. The number of hydrogen-bond acceptors (Lipinski definition) is 4. The van der Waals surface area contributed by atoms with Crippen LogP contribution in [0.2, 0.25) is 0 Å². The predicted molar refractivity (Wildman–Crippen MR) is 156 cm³/mol. The van der Waals surface area contributed by atoms with Crippen LogP contribution in [-0.4, -0.2) is 48.7 Å². The van der Waals surface area contributed by atoms with Crippen LogP contribution < -0.4 is 9.47 Å². The van der Waals surface area contributed by atoms with Crippen molar-refractivity contribution in [2.75, 3.05) is 14.2 Å². The number of allylic oxidation sites excluding steroid dienone is 6. The summed E-state index contributed by atoms with van der Waals surface area (Å²) in [5.41, 5.74) is 6.18. The molecule has 0 bridgehead atoms. The first-order valence-electron chi connectivity index (χ1n) is 11.4. The fraction of sp³-hybridized carbons (Fsp3) is 0.133. The minimum atomic E-state index is 0. The molecular weight excluding hydrogens is 473 g/mol. The Labute approximate surface area is 235 Å². The van der Waals surface area contributed by atoms with Crippen LogP contribution in [0.4, 0.5) is 0 Å². The molecule has 0 N–H and O–H groups in total. The Morgan fingerprint density at radius 2 is 0.919 bits per heavy atom. The molecule has 0 saturated heterocycles. The number of methoxy groups -OCH3 is 2. The van der Waals surface area contributed by atoms with Gasteiger partial charge in [0, 0.05) is 23.8 Å². The van der Waals surface area contributed by atoms with E-state index in [-0.39, 0.29) is 23.1 Å². The molecule has 0 aliphatic carbocycles. The van der Waals surface area contributed by atoms with Gasteiger partial charge in [0.2, 0.25) is 0 Å². The molecule has 0 atom stereocenters. The number of benzene rings is 2. The summed E-state index contributed by atoms with van der Waals surface area (Å²) >= 11 is 0. The van der Waals surface area contributed by atoms with Crippen LogP contribution in [0.25, 0.3) is 10.6 Å². The summed E-state index contributed by atoms with van der Waals surface area (Å²) in [5.74, 6) is 1.70. The van der Waals surface area contributed by atoms with Crippen molar-refractivity contribution >= 4 is 34.5 Å². The van der Waals surface area contributed by atoms with E-state index in [1.54, 1.807) is 39.0 Å². The van der Waals surface area contributed by atoms with Crippen molar-refractivity contribution < 1.29 is 9.47 Å². The molecule has 7 heteroatoms. The van der Waals surface area contributed by atoms with Crippen molar-refractivity contribution in [3.63, 3.8) is 0 Å². The molecule has 2 heterocycles. The maximum absolute atomic E-state index is 5.12. The Morgan fingerprint density at radius 3 is 1.22 bits per heavy atom. The third-order valence-electron chi connectivity index (χ3n) is 5.24. The summed E-state index contributed by atoms with van der Waals surface area (Å²) in [6, 6.07) is 15.7. The molecule has 2 aliphatic rings. The fourth-order valence-corrected chi connectivity index (χ4v) is 3.06. The van der Waals surface area contributed by atoms with Crippen LogP contribution in [0.1, 0.15) is 25.0 Å². The summed E-state index contributed by atoms with van der Waals surface area (Å²) in [5, 5.41) is 7.93. The molecule has 0 saturated carbocycles. The molecule has 0 unspecified atom stereocenters. The third kappa shape index (κ3) is 9.99. The average Bonchev–Trinajstić information content (AvgIpc) is 2.96. The monoisotopic (exact) mass is 502 g/mol. The van der Waals surface area contributed by atoms with E-state index >= 15 is 0 Å². The van der Waals surface area contributed by atoms with Crippen molar-refractivity contribution in [1.82, 2.24) is 0 Å². The van der Waals surface area contributed by atoms with Crippen LogP contribution in [0, 0.1) is 0 Å². The molecule has 4 rings (SSSR count). The summed E-state index contributed by atoms with van der Waals surface area (Å²) < 4.78 is 10.2. The van der Waals surface area contributed by atoms with Crippen LogP contribution >= 0.6 is 0 Å². The quantitative estimate of drug-likeness (QED) is 0.309. The van der Waals surface area contributed by atoms with Gasteiger partial charge in [-0.25, -0.2) is 0 Å². The summed E-state index contributed by atoms with van der Waals surface area (Å²) in [7, 11) is 3.32. The second-order valence-corrected chi connectivity index (χ2v) is 7.71. The van der Waals surface area contributed by atoms with Gasteiger partial charge in [-0.1, -0.05) is 24.3 Å². The van der Waals surface area contributed by atoms with Crippen LogP contribution in [-0.2, 0) is 0 Å². The molecule has 0 fully saturated rings. The Morgan fingerprint density at radius 1 is 0.595 bits per heavy atom. The second-order valence-electron chi connectivity index (χ2n) is 7.71. The molecule has 2 aromatic rings. The Balaban J connectivity index is 0.000000253. The largest absolute Gasteiger partial charge is 2.00 e. The standard InChI is InChI=1S/2C15H15N2O.Mg/c2*1-12(14-3-5-15(18-2)6-4-14)17-11-13-7-9-16-10-8-13;/h2*3-11H,1-2H3;/q2*-1;+2. The average molecular weight is 503 g/mol. The molecule has 0 amide bonds. The van der Waals surface area contributed by atoms with Crippen molar-refractivity contribution in [3.8, 4) is 11.5 Å². The van der Waals surface area contributed by atoms with Gasteiger partial charge in [-0.15, -0.1) is 0 Å². The normalized spacial score (nSPS) is 13.9. The zero-order chi connectivity index (χ0) is 25.6. The molecule has 184 valence electrons. The first kappa shape index (κ1) is 29.4. The third-order valence-corrected chi connectivity index (χ3v) is 5.24. The van der Waals surface area contributed by atoms with Gasteiger partial charge in [0.25, 0.3) is 0 Å². The van der Waals surface area contributed by atoms with E-state index in [1.165, 1.54) is 0 Å². The van der Waals surface area contributed by atoms with Gasteiger partial charge in [0.05, 0.1) is 14.2 Å². The van der Waals surface area contributed by atoms with Crippen LogP contribution in [0.3, 0.4) is 0 Å². The number of aliphatic imine (C=N–C) groups is 2. The minimum Gasteiger partial charge on any atom is -0.670 e. The Hall–Kier alpha value is -3.81. The van der Waals surface area contributed by atoms with E-state index in [2.05, 4.69) is 20.6 Å². The van der Waals surface area contributed by atoms with Gasteiger partial charge in [0.1, 0.15) is 11.5 Å². The zero-order valence-electron chi connectivity index (χ0n) is 21.7. The maximum Gasteiger partial charge on any atom is 2.00 e. The van der Waals surface area contributed by atoms with Gasteiger partial charge in [0.15, 0.2) is 0 Å². The van der Waals surface area contributed by atoms with Crippen molar-refractivity contribution in [2.45, 2.75) is 13.8 Å². The van der Waals surface area contributed by atoms with Crippen molar-refractivity contribution in [3.05, 3.63) is 143 Å². The minimum absolute atomic E-state index is 0. The van der Waals surface area contributed by atoms with Gasteiger partial charge in [-0.2, -0.15) is 24.8 Å². The summed E-state index contributed by atoms with van der Waals surface area (Å²) in [6.45, 7) is 3.97. The molecule has 6 nitrogen and oxygen atoms in total. The van der Waals surface area contributed by atoms with Crippen molar-refractivity contribution in [1.29, 1.82) is 0 Å². The van der Waals surface area contributed by atoms with E-state index in [4.69, 9.17) is 9.47 Å². The number of nitrogens with zero attached hydrogens (tertiary/aromatic N) is 4. The van der Waals surface area contributed by atoms with E-state index in [1.807, 2.05) is 99.1 Å². The molecule has 2 aliphatic heterocycles. The molecule has 0 radical (unpaired) electrons. The first-order chi connectivity index (χ1) is 17.6. The van der Waals surface area contributed by atoms with Gasteiger partial charge in [-0.05, 0) is 84.7 Å². The Bertz CT molecular complexity index is 1120. The van der Waals surface area contributed by atoms with E-state index < -0.39 is 0 Å². The smallest absolute Gasteiger partial charge is 0.670 e. The first-order valence-corrected chi connectivity index (χ1v) is 11.4. The van der Waals surface area contributed by atoms with Gasteiger partial charge < -0.3 is 20.1 Å². The summed E-state index contributed by atoms with van der Waals surface area (Å²) in [4.78, 5) is 8.89. The van der Waals surface area contributed by atoms with Crippen molar-refractivity contribution in [2.24, 2.45) is 9.98 Å². The van der Waals surface area contributed by atoms with E-state index in [9.17, 15) is 0 Å². The van der Waals surface area contributed by atoms with Gasteiger partial charge >= 0.3 is 23.1 Å². The zero-order valence-corrected chi connectivity index (χ0v) is 23.1. The number of ether oxygens (including phenoxy) is 2. The molecule has 37 heavy (non-hydrogen) atoms. The topological polar surface area (TPSA) is 71.4 Å². The number of rotatable bonds is 6. The van der Waals surface area contributed by atoms with Crippen LogP contribution in [0.5, 0.6) is 11.5 Å². The predicted octanol–water partition coefficient (Wildman–Crippen LogP) is 7.22. The molecule has 2 aromatic carbocycles. The molecule has 0 aromatic heterocycles. The van der Waals surface area contributed by atoms with E-state index in [0.717, 1.165) is 45.2 Å². The van der Waals surface area contributed by atoms with Crippen LogP contribution in [0.15, 0.2) is 131 Å². The fourth-order valence-electron chi connectivity index (χ4n) is 3.06. The molecular formula is C30H30MgN4O2. The maximum atomic E-state index is 5.12. The van der Waals surface area contributed by atoms with Gasteiger partial charge in [-0.3, -0.25) is 9.98 Å². The summed E-state index contributed by atoms with van der Waals surface area (Å²) in [6.07, 6.45) is 18.4. The second kappa shape index (κ2) is 16.0. The number of hydrogen-bond donors (Lipinski definition) is 0. The SMILES string of the molecule is COc1ccc(C(C)=NC=C2C=C[N-]C=C2)cc1.COc1ccc(C(C)=NC=C2C=C[N-]C=C2)cc1.[Mg+2]. The molecule has 0 spiro atoms. The van der Waals surface area contributed by atoms with E-state index in [0.29, 0.717) is 0 Å².